The third kappa shape index (κ3) is 3.76. The van der Waals surface area contributed by atoms with Gasteiger partial charge in [0.05, 0.1) is 12.2 Å². The van der Waals surface area contributed by atoms with E-state index in [-0.39, 0.29) is 0 Å². The van der Waals surface area contributed by atoms with Crippen LogP contribution in [0, 0.1) is 5.41 Å². The first-order chi connectivity index (χ1) is 8.85. The molecule has 2 heterocycles. The molecule has 0 saturated carbocycles. The fraction of sp³-hybridized carbons (Fsp3) is 0.529. The quantitative estimate of drug-likeness (QED) is 0.782. The monoisotopic (exact) mass is 256 g/mol. The molecule has 2 nitrogen and oxygen atoms in total. The molecule has 0 atom stereocenters. The largest absolute Gasteiger partial charge is 0.285 e. The molecule has 19 heavy (non-hydrogen) atoms. The maximum absolute atomic E-state index is 4.62. The molecule has 0 N–H and O–H groups in total. The Morgan fingerprint density at radius 1 is 1.21 bits per heavy atom. The van der Waals surface area contributed by atoms with Crippen molar-refractivity contribution >= 4 is 11.3 Å². The van der Waals surface area contributed by atoms with E-state index in [2.05, 4.69) is 62.8 Å². The van der Waals surface area contributed by atoms with Gasteiger partial charge in [-0.15, -0.1) is 0 Å². The summed E-state index contributed by atoms with van der Waals surface area (Å²) in [6, 6.07) is 4.30. The van der Waals surface area contributed by atoms with Crippen LogP contribution in [0.1, 0.15) is 58.2 Å². The standard InChI is InChI=1S/C17H24N2/c1-12(2)13-6-7-16(19-10-13)14-8-15(18-11-14)9-17(3,4)5/h6-8,10,12H,9,11H2,1-5H3. The lowest BCUT2D eigenvalue weighted by Gasteiger charge is -2.16. The number of hydrogen-bond acceptors (Lipinski definition) is 2. The van der Waals surface area contributed by atoms with Crippen molar-refractivity contribution in [3.05, 3.63) is 35.7 Å². The lowest BCUT2D eigenvalue weighted by molar-refractivity contribution is 0.434. The Morgan fingerprint density at radius 3 is 2.47 bits per heavy atom. The second-order valence-electron chi connectivity index (χ2n) is 6.85. The van der Waals surface area contributed by atoms with E-state index in [1.807, 2.05) is 6.20 Å². The summed E-state index contributed by atoms with van der Waals surface area (Å²) in [6.07, 6.45) is 5.23. The second kappa shape index (κ2) is 5.28. The molecule has 1 aromatic rings. The molecule has 0 bridgehead atoms. The lowest BCUT2D eigenvalue weighted by atomic mass is 9.89. The van der Waals surface area contributed by atoms with Crippen molar-refractivity contribution in [1.82, 2.24) is 4.98 Å². The average molecular weight is 256 g/mol. The number of rotatable bonds is 3. The Bertz CT molecular complexity index is 499. The van der Waals surface area contributed by atoms with Crippen LogP contribution in [-0.2, 0) is 0 Å². The molecule has 0 amide bonds. The third-order valence-electron chi connectivity index (χ3n) is 3.29. The van der Waals surface area contributed by atoms with E-state index in [0.29, 0.717) is 11.3 Å². The first kappa shape index (κ1) is 14.0. The van der Waals surface area contributed by atoms with E-state index in [4.69, 9.17) is 0 Å². The predicted octanol–water partition coefficient (Wildman–Crippen LogP) is 4.48. The molecule has 0 aliphatic carbocycles. The van der Waals surface area contributed by atoms with Gasteiger partial charge in [-0.1, -0.05) is 40.7 Å². The molecular formula is C17H24N2. The van der Waals surface area contributed by atoms with Crippen LogP contribution in [0.15, 0.2) is 29.4 Å². The summed E-state index contributed by atoms with van der Waals surface area (Å²) < 4.78 is 0. The van der Waals surface area contributed by atoms with Crippen molar-refractivity contribution in [2.45, 2.75) is 47.0 Å². The van der Waals surface area contributed by atoms with Crippen molar-refractivity contribution in [3.8, 4) is 0 Å². The molecule has 2 rings (SSSR count). The smallest absolute Gasteiger partial charge is 0.0681 e. The number of pyridine rings is 1. The molecule has 1 aliphatic rings. The van der Waals surface area contributed by atoms with Gasteiger partial charge in [-0.25, -0.2) is 0 Å². The summed E-state index contributed by atoms with van der Waals surface area (Å²) >= 11 is 0. The summed E-state index contributed by atoms with van der Waals surface area (Å²) in [5.74, 6) is 0.534. The van der Waals surface area contributed by atoms with Gasteiger partial charge in [0.15, 0.2) is 0 Å². The Morgan fingerprint density at radius 2 is 1.95 bits per heavy atom. The van der Waals surface area contributed by atoms with Gasteiger partial charge in [0.25, 0.3) is 0 Å². The topological polar surface area (TPSA) is 25.2 Å². The minimum atomic E-state index is 0.291. The van der Waals surface area contributed by atoms with Crippen LogP contribution >= 0.6 is 0 Å². The predicted molar refractivity (Wildman–Crippen MR) is 82.7 cm³/mol. The third-order valence-corrected chi connectivity index (χ3v) is 3.29. The molecular weight excluding hydrogens is 232 g/mol. The maximum atomic E-state index is 4.62. The highest BCUT2D eigenvalue weighted by Crippen LogP contribution is 2.25. The van der Waals surface area contributed by atoms with Crippen LogP contribution in [0.3, 0.4) is 0 Å². The first-order valence-corrected chi connectivity index (χ1v) is 7.05. The summed E-state index contributed by atoms with van der Waals surface area (Å²) in [7, 11) is 0. The van der Waals surface area contributed by atoms with Gasteiger partial charge in [0.2, 0.25) is 0 Å². The van der Waals surface area contributed by atoms with Gasteiger partial charge in [0, 0.05) is 17.5 Å². The molecule has 0 saturated heterocycles. The number of aliphatic imine (C=N–C) groups is 1. The van der Waals surface area contributed by atoms with E-state index < -0.39 is 0 Å². The van der Waals surface area contributed by atoms with E-state index in [9.17, 15) is 0 Å². The van der Waals surface area contributed by atoms with Crippen molar-refractivity contribution in [2.24, 2.45) is 10.4 Å². The van der Waals surface area contributed by atoms with Crippen LogP contribution in [-0.4, -0.2) is 17.2 Å². The summed E-state index contributed by atoms with van der Waals surface area (Å²) in [5.41, 5.74) is 5.10. The number of aromatic nitrogens is 1. The average Bonchev–Trinajstić information content (AvgIpc) is 2.75. The summed E-state index contributed by atoms with van der Waals surface area (Å²) in [6.45, 7) is 11.9. The molecule has 0 radical (unpaired) electrons. The number of nitrogens with zero attached hydrogens (tertiary/aromatic N) is 2. The minimum absolute atomic E-state index is 0.291. The van der Waals surface area contributed by atoms with Gasteiger partial charge in [0.1, 0.15) is 0 Å². The van der Waals surface area contributed by atoms with Crippen LogP contribution < -0.4 is 0 Å². The van der Waals surface area contributed by atoms with Crippen molar-refractivity contribution < 1.29 is 0 Å². The van der Waals surface area contributed by atoms with Gasteiger partial charge >= 0.3 is 0 Å². The van der Waals surface area contributed by atoms with E-state index in [1.54, 1.807) is 0 Å². The van der Waals surface area contributed by atoms with E-state index in [1.165, 1.54) is 16.8 Å². The minimum Gasteiger partial charge on any atom is -0.285 e. The molecule has 1 aliphatic heterocycles. The van der Waals surface area contributed by atoms with Crippen molar-refractivity contribution in [1.29, 1.82) is 0 Å². The van der Waals surface area contributed by atoms with Gasteiger partial charge < -0.3 is 0 Å². The molecule has 0 unspecified atom stereocenters. The Labute approximate surface area is 116 Å². The van der Waals surface area contributed by atoms with Crippen LogP contribution in [0.5, 0.6) is 0 Å². The van der Waals surface area contributed by atoms with Crippen molar-refractivity contribution in [3.63, 3.8) is 0 Å². The van der Waals surface area contributed by atoms with Gasteiger partial charge in [-0.2, -0.15) is 0 Å². The molecule has 0 fully saturated rings. The first-order valence-electron chi connectivity index (χ1n) is 7.05. The zero-order valence-corrected chi connectivity index (χ0v) is 12.7. The summed E-state index contributed by atoms with van der Waals surface area (Å²) in [5, 5.41) is 0. The second-order valence-corrected chi connectivity index (χ2v) is 6.85. The molecule has 0 spiro atoms. The number of hydrogen-bond donors (Lipinski definition) is 0. The highest BCUT2D eigenvalue weighted by molar-refractivity contribution is 6.04. The van der Waals surface area contributed by atoms with E-state index >= 15 is 0 Å². The molecule has 0 aromatic carbocycles. The Balaban J connectivity index is 2.10. The molecule has 2 heteroatoms. The lowest BCUT2D eigenvalue weighted by Crippen LogP contribution is -2.10. The normalized spacial score (nSPS) is 15.7. The highest BCUT2D eigenvalue weighted by Gasteiger charge is 2.17. The Kier molecular flexibility index (Phi) is 3.88. The maximum Gasteiger partial charge on any atom is 0.0681 e. The summed E-state index contributed by atoms with van der Waals surface area (Å²) in [4.78, 5) is 9.19. The Hall–Kier alpha value is -1.44. The molecule has 102 valence electrons. The zero-order valence-electron chi connectivity index (χ0n) is 12.7. The van der Waals surface area contributed by atoms with Gasteiger partial charge in [-0.3, -0.25) is 9.98 Å². The van der Waals surface area contributed by atoms with E-state index in [0.717, 1.165) is 18.7 Å². The van der Waals surface area contributed by atoms with Crippen LogP contribution in [0.25, 0.3) is 5.57 Å². The zero-order chi connectivity index (χ0) is 14.0. The number of allylic oxidation sites excluding steroid dienone is 1. The highest BCUT2D eigenvalue weighted by atomic mass is 14.8. The van der Waals surface area contributed by atoms with Crippen LogP contribution in [0.4, 0.5) is 0 Å². The van der Waals surface area contributed by atoms with Crippen molar-refractivity contribution in [2.75, 3.05) is 6.54 Å². The SMILES string of the molecule is CC(C)c1ccc(C2=CC(CC(C)(C)C)=NC2)nc1. The fourth-order valence-electron chi connectivity index (χ4n) is 2.22. The van der Waals surface area contributed by atoms with Gasteiger partial charge in [-0.05, 0) is 35.5 Å². The fourth-order valence-corrected chi connectivity index (χ4v) is 2.22. The van der Waals surface area contributed by atoms with Crippen LogP contribution in [0.2, 0.25) is 0 Å². The molecule has 1 aromatic heterocycles.